The number of amides is 1. The maximum Gasteiger partial charge on any atom is 0.271 e. The molecule has 1 aliphatic rings. The number of aryl methyl sites for hydroxylation is 1. The highest BCUT2D eigenvalue weighted by molar-refractivity contribution is 6.30. The molecular formula is C18H20ClN3O2. The van der Waals surface area contributed by atoms with Crippen LogP contribution < -0.4 is 5.32 Å². The van der Waals surface area contributed by atoms with E-state index in [0.717, 1.165) is 24.1 Å². The molecule has 0 saturated carbocycles. The van der Waals surface area contributed by atoms with Crippen LogP contribution in [0.2, 0.25) is 5.02 Å². The van der Waals surface area contributed by atoms with Crippen LogP contribution in [0.1, 0.15) is 34.6 Å². The highest BCUT2D eigenvalue weighted by Crippen LogP contribution is 2.35. The van der Waals surface area contributed by atoms with E-state index in [-0.39, 0.29) is 11.3 Å². The highest BCUT2D eigenvalue weighted by Gasteiger charge is 2.35. The highest BCUT2D eigenvalue weighted by atomic mass is 35.5. The first-order valence-corrected chi connectivity index (χ1v) is 8.37. The summed E-state index contributed by atoms with van der Waals surface area (Å²) in [5.41, 5.74) is 2.07. The summed E-state index contributed by atoms with van der Waals surface area (Å²) >= 11 is 6.16. The second-order valence-corrected chi connectivity index (χ2v) is 6.57. The van der Waals surface area contributed by atoms with E-state index in [1.54, 1.807) is 6.20 Å². The number of carbonyl (C=O) groups excluding carboxylic acids is 1. The second-order valence-electron chi connectivity index (χ2n) is 6.13. The van der Waals surface area contributed by atoms with Gasteiger partial charge in [0.05, 0.1) is 11.9 Å². The number of hydrogen-bond acceptors (Lipinski definition) is 4. The number of benzene rings is 1. The molecule has 0 atom stereocenters. The maximum atomic E-state index is 12.4. The summed E-state index contributed by atoms with van der Waals surface area (Å²) in [6.07, 6.45) is 4.78. The fraction of sp³-hybridized carbons (Fsp3) is 0.389. The van der Waals surface area contributed by atoms with E-state index in [2.05, 4.69) is 21.4 Å². The lowest BCUT2D eigenvalue weighted by atomic mass is 9.74. The average molecular weight is 346 g/mol. The summed E-state index contributed by atoms with van der Waals surface area (Å²) in [5, 5.41) is 3.71. The van der Waals surface area contributed by atoms with Gasteiger partial charge in [-0.2, -0.15) is 0 Å². The van der Waals surface area contributed by atoms with Gasteiger partial charge in [-0.05, 0) is 37.5 Å². The van der Waals surface area contributed by atoms with Gasteiger partial charge in [0.25, 0.3) is 5.91 Å². The molecule has 2 aromatic rings. The Balaban J connectivity index is 1.77. The van der Waals surface area contributed by atoms with Crippen LogP contribution in [-0.2, 0) is 10.2 Å². The van der Waals surface area contributed by atoms with Crippen LogP contribution in [0.5, 0.6) is 0 Å². The van der Waals surface area contributed by atoms with Crippen molar-refractivity contribution in [2.75, 3.05) is 19.8 Å². The minimum absolute atomic E-state index is 0.170. The van der Waals surface area contributed by atoms with E-state index in [9.17, 15) is 4.79 Å². The van der Waals surface area contributed by atoms with Crippen LogP contribution in [-0.4, -0.2) is 35.6 Å². The van der Waals surface area contributed by atoms with Gasteiger partial charge in [-0.25, -0.2) is 4.98 Å². The third-order valence-electron chi connectivity index (χ3n) is 4.49. The van der Waals surface area contributed by atoms with Crippen LogP contribution >= 0.6 is 11.6 Å². The van der Waals surface area contributed by atoms with Gasteiger partial charge in [0.15, 0.2) is 0 Å². The zero-order chi connectivity index (χ0) is 17.0. The Bertz CT molecular complexity index is 712. The van der Waals surface area contributed by atoms with E-state index < -0.39 is 0 Å². The molecule has 0 bridgehead atoms. The summed E-state index contributed by atoms with van der Waals surface area (Å²) in [6.45, 7) is 3.70. The van der Waals surface area contributed by atoms with Gasteiger partial charge in [0, 0.05) is 36.4 Å². The van der Waals surface area contributed by atoms with Gasteiger partial charge < -0.3 is 10.1 Å². The molecule has 3 rings (SSSR count). The predicted molar refractivity (Wildman–Crippen MR) is 92.3 cm³/mol. The summed E-state index contributed by atoms with van der Waals surface area (Å²) in [4.78, 5) is 20.6. The van der Waals surface area contributed by atoms with E-state index in [4.69, 9.17) is 16.3 Å². The number of ether oxygens (including phenoxy) is 1. The van der Waals surface area contributed by atoms with Crippen LogP contribution in [0.15, 0.2) is 36.7 Å². The molecule has 1 amide bonds. The molecule has 5 nitrogen and oxygen atoms in total. The minimum atomic E-state index is -0.213. The Morgan fingerprint density at radius 2 is 2.08 bits per heavy atom. The Morgan fingerprint density at radius 3 is 2.75 bits per heavy atom. The van der Waals surface area contributed by atoms with Crippen molar-refractivity contribution < 1.29 is 9.53 Å². The van der Waals surface area contributed by atoms with E-state index in [0.29, 0.717) is 30.5 Å². The molecule has 0 radical (unpaired) electrons. The first-order valence-electron chi connectivity index (χ1n) is 8.00. The third kappa shape index (κ3) is 3.74. The zero-order valence-electron chi connectivity index (χ0n) is 13.6. The van der Waals surface area contributed by atoms with Crippen molar-refractivity contribution in [3.05, 3.63) is 58.6 Å². The molecule has 6 heteroatoms. The normalized spacial score (nSPS) is 16.6. The van der Waals surface area contributed by atoms with Crippen molar-refractivity contribution >= 4 is 17.5 Å². The van der Waals surface area contributed by atoms with Gasteiger partial charge in [0.1, 0.15) is 5.69 Å². The van der Waals surface area contributed by atoms with Crippen molar-refractivity contribution in [3.8, 4) is 0 Å². The lowest BCUT2D eigenvalue weighted by Gasteiger charge is -2.38. The van der Waals surface area contributed by atoms with Crippen LogP contribution in [0.25, 0.3) is 0 Å². The molecule has 24 heavy (non-hydrogen) atoms. The van der Waals surface area contributed by atoms with E-state index in [1.165, 1.54) is 6.20 Å². The fourth-order valence-corrected chi connectivity index (χ4v) is 3.19. The number of carbonyl (C=O) groups is 1. The number of halogens is 1. The fourth-order valence-electron chi connectivity index (χ4n) is 3.00. The van der Waals surface area contributed by atoms with Crippen molar-refractivity contribution in [3.63, 3.8) is 0 Å². The number of hydrogen-bond donors (Lipinski definition) is 1. The Hall–Kier alpha value is -1.98. The molecule has 1 N–H and O–H groups in total. The van der Waals surface area contributed by atoms with Crippen LogP contribution in [0, 0.1) is 6.92 Å². The second kappa shape index (κ2) is 7.28. The number of nitrogens with zero attached hydrogens (tertiary/aromatic N) is 2. The molecule has 1 fully saturated rings. The zero-order valence-corrected chi connectivity index (χ0v) is 14.3. The van der Waals surface area contributed by atoms with Gasteiger partial charge in [-0.15, -0.1) is 0 Å². The van der Waals surface area contributed by atoms with Crippen molar-refractivity contribution in [1.29, 1.82) is 0 Å². The quantitative estimate of drug-likeness (QED) is 0.925. The number of rotatable bonds is 4. The molecular weight excluding hydrogens is 326 g/mol. The van der Waals surface area contributed by atoms with Gasteiger partial charge in [0.2, 0.25) is 0 Å². The van der Waals surface area contributed by atoms with Gasteiger partial charge in [-0.3, -0.25) is 9.78 Å². The van der Waals surface area contributed by atoms with Gasteiger partial charge in [-0.1, -0.05) is 23.7 Å². The summed E-state index contributed by atoms with van der Waals surface area (Å²) < 4.78 is 5.51. The van der Waals surface area contributed by atoms with Crippen LogP contribution in [0.3, 0.4) is 0 Å². The Kier molecular flexibility index (Phi) is 5.11. The molecule has 0 spiro atoms. The number of aromatic nitrogens is 2. The first-order chi connectivity index (χ1) is 11.6. The molecule has 0 aliphatic carbocycles. The average Bonchev–Trinajstić information content (AvgIpc) is 2.61. The van der Waals surface area contributed by atoms with Crippen molar-refractivity contribution in [2.45, 2.75) is 25.2 Å². The predicted octanol–water partition coefficient (Wildman–Crippen LogP) is 2.92. The standard InChI is InChI=1S/C18H20ClN3O2/c1-13-10-21-16(11-20-13)17(23)22-12-18(5-7-24-8-6-18)14-3-2-4-15(19)9-14/h2-4,9-11H,5-8,12H2,1H3,(H,22,23). The third-order valence-corrected chi connectivity index (χ3v) is 4.72. The minimum Gasteiger partial charge on any atom is -0.381 e. The molecule has 1 aromatic carbocycles. The summed E-state index contributed by atoms with van der Waals surface area (Å²) in [5.74, 6) is -0.213. The van der Waals surface area contributed by atoms with E-state index in [1.807, 2.05) is 25.1 Å². The first kappa shape index (κ1) is 16.9. The van der Waals surface area contributed by atoms with Crippen molar-refractivity contribution in [2.24, 2.45) is 0 Å². The Labute approximate surface area is 146 Å². The molecule has 2 heterocycles. The molecule has 126 valence electrons. The maximum absolute atomic E-state index is 12.4. The summed E-state index contributed by atoms with van der Waals surface area (Å²) in [6, 6.07) is 7.85. The lowest BCUT2D eigenvalue weighted by Crippen LogP contribution is -2.44. The molecule has 0 unspecified atom stereocenters. The smallest absolute Gasteiger partial charge is 0.271 e. The molecule has 1 aromatic heterocycles. The number of nitrogens with one attached hydrogen (secondary N) is 1. The summed E-state index contributed by atoms with van der Waals surface area (Å²) in [7, 11) is 0. The lowest BCUT2D eigenvalue weighted by molar-refractivity contribution is 0.0486. The SMILES string of the molecule is Cc1cnc(C(=O)NCC2(c3cccc(Cl)c3)CCOCC2)cn1. The largest absolute Gasteiger partial charge is 0.381 e. The molecule has 1 aliphatic heterocycles. The van der Waals surface area contributed by atoms with Gasteiger partial charge >= 0.3 is 0 Å². The van der Waals surface area contributed by atoms with Crippen LogP contribution in [0.4, 0.5) is 0 Å². The Morgan fingerprint density at radius 1 is 1.29 bits per heavy atom. The topological polar surface area (TPSA) is 64.1 Å². The monoisotopic (exact) mass is 345 g/mol. The van der Waals surface area contributed by atoms with E-state index >= 15 is 0 Å². The van der Waals surface area contributed by atoms with Crippen molar-refractivity contribution in [1.82, 2.24) is 15.3 Å². The molecule has 1 saturated heterocycles.